The molecular weight excluding hydrogens is 377 g/mol. The molecule has 1 saturated heterocycles. The first kappa shape index (κ1) is 20.0. The number of aromatic nitrogens is 1. The average molecular weight is 398 g/mol. The minimum atomic E-state index is -4.82. The highest BCUT2D eigenvalue weighted by Crippen LogP contribution is 2.38. The van der Waals surface area contributed by atoms with Gasteiger partial charge in [-0.05, 0) is 45.7 Å². The number of hydrogen-bond donors (Lipinski definition) is 0. The van der Waals surface area contributed by atoms with Crippen molar-refractivity contribution in [3.8, 4) is 17.0 Å². The lowest BCUT2D eigenvalue weighted by Gasteiger charge is -2.27. The Balaban J connectivity index is 1.84. The number of rotatable bonds is 3. The number of alkyl halides is 3. The van der Waals surface area contributed by atoms with Gasteiger partial charge in [0, 0.05) is 18.2 Å². The Bertz CT molecular complexity index is 842. The second kappa shape index (κ2) is 7.37. The molecule has 1 aromatic heterocycles. The Hall–Kier alpha value is -2.71. The van der Waals surface area contributed by atoms with E-state index in [1.54, 1.807) is 31.7 Å². The molecule has 1 amide bonds. The lowest BCUT2D eigenvalue weighted by atomic mass is 10.1. The number of para-hydroxylation sites is 1. The first-order chi connectivity index (χ1) is 13.0. The molecule has 2 heterocycles. The van der Waals surface area contributed by atoms with Crippen molar-refractivity contribution in [3.63, 3.8) is 0 Å². The Morgan fingerprint density at radius 1 is 1.25 bits per heavy atom. The van der Waals surface area contributed by atoms with Gasteiger partial charge >= 0.3 is 12.5 Å². The average Bonchev–Trinajstić information content (AvgIpc) is 3.21. The number of amides is 1. The summed E-state index contributed by atoms with van der Waals surface area (Å²) in [6.45, 7) is 5.84. The van der Waals surface area contributed by atoms with Crippen LogP contribution in [-0.4, -0.2) is 34.7 Å². The number of hydrogen-bond acceptors (Lipinski definition) is 5. The molecule has 1 aliphatic heterocycles. The monoisotopic (exact) mass is 398 g/mol. The predicted octanol–water partition coefficient (Wildman–Crippen LogP) is 5.31. The summed E-state index contributed by atoms with van der Waals surface area (Å²) in [6, 6.07) is 6.84. The molecule has 0 aliphatic carbocycles. The second-order valence-electron chi connectivity index (χ2n) is 7.49. The Morgan fingerprint density at radius 3 is 2.64 bits per heavy atom. The molecule has 3 rings (SSSR count). The van der Waals surface area contributed by atoms with Crippen LogP contribution in [0.25, 0.3) is 11.3 Å². The third kappa shape index (κ3) is 4.76. The normalized spacial score (nSPS) is 17.6. The van der Waals surface area contributed by atoms with E-state index in [2.05, 4.69) is 9.89 Å². The van der Waals surface area contributed by atoms with E-state index in [4.69, 9.17) is 9.26 Å². The number of likely N-dealkylation sites (tertiary alicyclic amines) is 1. The van der Waals surface area contributed by atoms with Crippen molar-refractivity contribution in [2.45, 2.75) is 51.6 Å². The molecule has 1 aliphatic rings. The fourth-order valence-electron chi connectivity index (χ4n) is 3.07. The van der Waals surface area contributed by atoms with E-state index in [1.807, 2.05) is 0 Å². The van der Waals surface area contributed by atoms with Crippen molar-refractivity contribution >= 4 is 6.09 Å². The van der Waals surface area contributed by atoms with E-state index in [-0.39, 0.29) is 23.0 Å². The van der Waals surface area contributed by atoms with Crippen molar-refractivity contribution < 1.29 is 32.0 Å². The van der Waals surface area contributed by atoms with E-state index < -0.39 is 18.1 Å². The van der Waals surface area contributed by atoms with Crippen molar-refractivity contribution in [2.24, 2.45) is 0 Å². The van der Waals surface area contributed by atoms with Gasteiger partial charge in [-0.25, -0.2) is 4.79 Å². The molecular formula is C19H21F3N2O4. The van der Waals surface area contributed by atoms with Gasteiger partial charge in [-0.1, -0.05) is 17.3 Å². The quantitative estimate of drug-likeness (QED) is 0.701. The van der Waals surface area contributed by atoms with Gasteiger partial charge in [0.05, 0.1) is 6.04 Å². The maximum Gasteiger partial charge on any atom is 0.573 e. The molecule has 6 nitrogen and oxygen atoms in total. The summed E-state index contributed by atoms with van der Waals surface area (Å²) in [6.07, 6.45) is -3.88. The first-order valence-electron chi connectivity index (χ1n) is 8.85. The molecule has 0 saturated carbocycles. The largest absolute Gasteiger partial charge is 0.573 e. The lowest BCUT2D eigenvalue weighted by molar-refractivity contribution is -0.274. The molecule has 28 heavy (non-hydrogen) atoms. The van der Waals surface area contributed by atoms with Crippen LogP contribution in [-0.2, 0) is 4.74 Å². The maximum absolute atomic E-state index is 12.6. The number of nitrogens with zero attached hydrogens (tertiary/aromatic N) is 2. The zero-order valence-electron chi connectivity index (χ0n) is 15.7. The van der Waals surface area contributed by atoms with Crippen molar-refractivity contribution in [1.82, 2.24) is 10.1 Å². The maximum atomic E-state index is 12.6. The van der Waals surface area contributed by atoms with Crippen LogP contribution in [0.5, 0.6) is 5.75 Å². The molecule has 9 heteroatoms. The third-order valence-corrected chi connectivity index (χ3v) is 4.13. The van der Waals surface area contributed by atoms with Gasteiger partial charge in [-0.15, -0.1) is 13.2 Å². The summed E-state index contributed by atoms with van der Waals surface area (Å²) in [5.41, 5.74) is -0.285. The molecule has 0 bridgehead atoms. The third-order valence-electron chi connectivity index (χ3n) is 4.13. The topological polar surface area (TPSA) is 64.8 Å². The zero-order chi connectivity index (χ0) is 20.5. The van der Waals surface area contributed by atoms with Crippen molar-refractivity contribution in [2.75, 3.05) is 6.54 Å². The summed E-state index contributed by atoms with van der Waals surface area (Å²) in [7, 11) is 0. The van der Waals surface area contributed by atoms with Crippen LogP contribution >= 0.6 is 0 Å². The first-order valence-corrected chi connectivity index (χ1v) is 8.85. The Kier molecular flexibility index (Phi) is 5.27. The van der Waals surface area contributed by atoms with Crippen LogP contribution in [0.2, 0.25) is 0 Å². The summed E-state index contributed by atoms with van der Waals surface area (Å²) >= 11 is 0. The smallest absolute Gasteiger partial charge is 0.444 e. The van der Waals surface area contributed by atoms with E-state index in [0.717, 1.165) is 6.42 Å². The highest BCUT2D eigenvalue weighted by atomic mass is 19.4. The zero-order valence-corrected chi connectivity index (χ0v) is 15.7. The van der Waals surface area contributed by atoms with Crippen LogP contribution in [0, 0.1) is 0 Å². The number of benzene rings is 1. The molecule has 152 valence electrons. The fourth-order valence-corrected chi connectivity index (χ4v) is 3.07. The van der Waals surface area contributed by atoms with E-state index in [1.165, 1.54) is 24.3 Å². The SMILES string of the molecule is CC(C)(C)OC(=O)N1CCC[C@H]1c1cc(-c2ccccc2OC(F)(F)F)no1. The summed E-state index contributed by atoms with van der Waals surface area (Å²) in [4.78, 5) is 14.0. The highest BCUT2D eigenvalue weighted by molar-refractivity contribution is 5.70. The summed E-state index contributed by atoms with van der Waals surface area (Å²) in [5, 5.41) is 3.89. The van der Waals surface area contributed by atoms with Crippen molar-refractivity contribution in [1.29, 1.82) is 0 Å². The van der Waals surface area contributed by atoms with Crippen LogP contribution in [0.1, 0.15) is 45.4 Å². The predicted molar refractivity (Wildman–Crippen MR) is 93.5 cm³/mol. The van der Waals surface area contributed by atoms with Gasteiger partial charge in [0.1, 0.15) is 17.0 Å². The van der Waals surface area contributed by atoms with Crippen LogP contribution in [0.4, 0.5) is 18.0 Å². The minimum absolute atomic E-state index is 0.150. The molecule has 1 fully saturated rings. The van der Waals surface area contributed by atoms with Gasteiger partial charge in [-0.3, -0.25) is 4.90 Å². The summed E-state index contributed by atoms with van der Waals surface area (Å²) < 4.78 is 52.8. The Labute approximate surface area is 160 Å². The van der Waals surface area contributed by atoms with Gasteiger partial charge < -0.3 is 14.0 Å². The summed E-state index contributed by atoms with van der Waals surface area (Å²) in [5.74, 6) is 0.0189. The van der Waals surface area contributed by atoms with Crippen LogP contribution < -0.4 is 4.74 Å². The number of carbonyl (C=O) groups excluding carboxylic acids is 1. The van der Waals surface area contributed by atoms with Crippen LogP contribution in [0.15, 0.2) is 34.9 Å². The lowest BCUT2D eigenvalue weighted by Crippen LogP contribution is -2.36. The van der Waals surface area contributed by atoms with E-state index in [0.29, 0.717) is 18.7 Å². The number of ether oxygens (including phenoxy) is 2. The Morgan fingerprint density at radius 2 is 1.96 bits per heavy atom. The standard InChI is InChI=1S/C19H21F3N2O4/c1-18(2,3)27-17(25)24-10-6-8-14(24)16-11-13(23-28-16)12-7-4-5-9-15(12)26-19(20,21)22/h4-5,7,9,11,14H,6,8,10H2,1-3H3/t14-/m0/s1. The molecule has 0 spiro atoms. The van der Waals surface area contributed by atoms with Crippen LogP contribution in [0.3, 0.4) is 0 Å². The highest BCUT2D eigenvalue weighted by Gasteiger charge is 2.36. The molecule has 2 aromatic rings. The fraction of sp³-hybridized carbons (Fsp3) is 0.474. The van der Waals surface area contributed by atoms with Gasteiger partial charge in [0.25, 0.3) is 0 Å². The minimum Gasteiger partial charge on any atom is -0.444 e. The van der Waals surface area contributed by atoms with Crippen molar-refractivity contribution in [3.05, 3.63) is 36.1 Å². The molecule has 0 unspecified atom stereocenters. The molecule has 1 aromatic carbocycles. The number of carbonyl (C=O) groups is 1. The van der Waals surface area contributed by atoms with Gasteiger partial charge in [0.2, 0.25) is 0 Å². The van der Waals surface area contributed by atoms with Gasteiger partial charge in [-0.2, -0.15) is 0 Å². The molecule has 1 atom stereocenters. The molecule has 0 N–H and O–H groups in total. The molecule has 0 radical (unpaired) electrons. The van der Waals surface area contributed by atoms with E-state index >= 15 is 0 Å². The number of halogens is 3. The van der Waals surface area contributed by atoms with E-state index in [9.17, 15) is 18.0 Å². The second-order valence-corrected chi connectivity index (χ2v) is 7.49. The van der Waals surface area contributed by atoms with Gasteiger partial charge in [0.15, 0.2) is 5.76 Å².